The van der Waals surface area contributed by atoms with Crippen LogP contribution in [0.4, 0.5) is 4.39 Å². The van der Waals surface area contributed by atoms with Gasteiger partial charge in [0.25, 0.3) is 5.91 Å². The monoisotopic (exact) mass is 334 g/mol. The van der Waals surface area contributed by atoms with Crippen LogP contribution < -0.4 is 0 Å². The molecule has 1 saturated heterocycles. The van der Waals surface area contributed by atoms with Crippen molar-refractivity contribution in [2.75, 3.05) is 13.1 Å². The van der Waals surface area contributed by atoms with Crippen LogP contribution in [0.3, 0.4) is 0 Å². The summed E-state index contributed by atoms with van der Waals surface area (Å²) in [5.74, 6) is -0.322. The van der Waals surface area contributed by atoms with Gasteiger partial charge in [0.2, 0.25) is 0 Å². The summed E-state index contributed by atoms with van der Waals surface area (Å²) in [7, 11) is 0. The lowest BCUT2D eigenvalue weighted by atomic mass is 10.2. The second kappa shape index (κ2) is 8.87. The Balaban J connectivity index is 2.21. The number of carbonyl (C=O) groups is 1. The normalized spacial score (nSPS) is 18.4. The molecule has 0 aliphatic carbocycles. The molecule has 0 atom stereocenters. The van der Waals surface area contributed by atoms with Gasteiger partial charge in [-0.15, -0.1) is 0 Å². The highest BCUT2D eigenvalue weighted by Gasteiger charge is 2.32. The molecule has 1 aliphatic rings. The van der Waals surface area contributed by atoms with Gasteiger partial charge in [-0.05, 0) is 48.4 Å². The second-order valence-corrected chi connectivity index (χ2v) is 6.50. The number of hydrogen-bond donors (Lipinski definition) is 0. The Morgan fingerprint density at radius 3 is 2.74 bits per heavy atom. The van der Waals surface area contributed by atoms with E-state index in [0.717, 1.165) is 37.4 Å². The smallest absolute Gasteiger partial charge is 0.266 e. The number of nitrogens with zero attached hydrogens (tertiary/aromatic N) is 2. The average molecular weight is 334 g/mol. The fraction of sp³-hybridized carbons (Fsp3) is 0.444. The molecule has 0 aromatic heterocycles. The van der Waals surface area contributed by atoms with Crippen molar-refractivity contribution >= 4 is 28.9 Å². The molecule has 1 heterocycles. The van der Waals surface area contributed by atoms with E-state index in [9.17, 15) is 9.18 Å². The maximum Gasteiger partial charge on any atom is 0.266 e. The Bertz CT molecular complexity index is 613. The summed E-state index contributed by atoms with van der Waals surface area (Å²) in [6.45, 7) is 5.65. The molecule has 23 heavy (non-hydrogen) atoms. The highest BCUT2D eigenvalue weighted by molar-refractivity contribution is 8.18. The van der Waals surface area contributed by atoms with Gasteiger partial charge in [-0.2, -0.15) is 0 Å². The van der Waals surface area contributed by atoms with Crippen LogP contribution in [-0.4, -0.2) is 29.1 Å². The molecular weight excluding hydrogens is 311 g/mol. The second-order valence-electron chi connectivity index (χ2n) is 5.49. The number of benzene rings is 1. The summed E-state index contributed by atoms with van der Waals surface area (Å²) in [6.07, 6.45) is 5.82. The molecule has 0 saturated carbocycles. The number of amidine groups is 1. The topological polar surface area (TPSA) is 32.7 Å². The standard InChI is InChI=1S/C18H23FN2OS/c1-3-5-10-20-18-21(11-6-4-2)17(22)16(23-18)13-14-8-7-9-15(19)12-14/h7-9,12-13H,3-6,10-11H2,1-2H3/b16-13-,20-18?. The average Bonchev–Trinajstić information content (AvgIpc) is 2.81. The molecule has 1 aliphatic heterocycles. The van der Waals surface area contributed by atoms with Gasteiger partial charge < -0.3 is 0 Å². The van der Waals surface area contributed by atoms with Crippen LogP contribution in [0.1, 0.15) is 45.1 Å². The molecular formula is C18H23FN2OS. The summed E-state index contributed by atoms with van der Waals surface area (Å²) in [4.78, 5) is 19.6. The molecule has 1 fully saturated rings. The first-order chi connectivity index (χ1) is 11.2. The Hall–Kier alpha value is -1.62. The quantitative estimate of drug-likeness (QED) is 0.535. The van der Waals surface area contributed by atoms with E-state index in [1.807, 2.05) is 0 Å². The molecule has 5 heteroatoms. The molecule has 1 aromatic rings. The first-order valence-electron chi connectivity index (χ1n) is 8.17. The lowest BCUT2D eigenvalue weighted by Gasteiger charge is -2.14. The summed E-state index contributed by atoms with van der Waals surface area (Å²) in [5, 5.41) is 0.777. The van der Waals surface area contributed by atoms with Crippen molar-refractivity contribution < 1.29 is 9.18 Å². The number of carbonyl (C=O) groups excluding carboxylic acids is 1. The molecule has 2 rings (SSSR count). The summed E-state index contributed by atoms with van der Waals surface area (Å²) >= 11 is 1.39. The largest absolute Gasteiger partial charge is 0.287 e. The fourth-order valence-corrected chi connectivity index (χ4v) is 3.25. The van der Waals surface area contributed by atoms with E-state index in [1.54, 1.807) is 23.1 Å². The van der Waals surface area contributed by atoms with Gasteiger partial charge in [-0.25, -0.2) is 4.39 Å². The third-order valence-corrected chi connectivity index (χ3v) is 4.57. The van der Waals surface area contributed by atoms with E-state index in [0.29, 0.717) is 17.0 Å². The number of hydrogen-bond acceptors (Lipinski definition) is 3. The number of aliphatic imine (C=N–C) groups is 1. The summed E-state index contributed by atoms with van der Waals surface area (Å²) in [5.41, 5.74) is 0.700. The van der Waals surface area contributed by atoms with Crippen LogP contribution in [0.25, 0.3) is 6.08 Å². The van der Waals surface area contributed by atoms with Crippen LogP contribution >= 0.6 is 11.8 Å². The molecule has 0 radical (unpaired) electrons. The predicted molar refractivity (Wildman–Crippen MR) is 95.8 cm³/mol. The molecule has 1 aromatic carbocycles. The number of thioether (sulfide) groups is 1. The van der Waals surface area contributed by atoms with Crippen molar-refractivity contribution in [3.05, 3.63) is 40.6 Å². The first-order valence-corrected chi connectivity index (χ1v) is 8.98. The number of unbranched alkanes of at least 4 members (excludes halogenated alkanes) is 2. The molecule has 3 nitrogen and oxygen atoms in total. The zero-order valence-corrected chi connectivity index (χ0v) is 14.5. The highest BCUT2D eigenvalue weighted by atomic mass is 32.2. The maximum atomic E-state index is 13.3. The van der Waals surface area contributed by atoms with Crippen molar-refractivity contribution in [2.24, 2.45) is 4.99 Å². The van der Waals surface area contributed by atoms with E-state index >= 15 is 0 Å². The van der Waals surface area contributed by atoms with Crippen LogP contribution in [0.2, 0.25) is 0 Å². The SMILES string of the molecule is CCCCN=C1S/C(=C\c2cccc(F)c2)C(=O)N1CCCC. The summed E-state index contributed by atoms with van der Waals surface area (Å²) in [6, 6.07) is 6.28. The van der Waals surface area contributed by atoms with Gasteiger partial charge >= 0.3 is 0 Å². The molecule has 0 bridgehead atoms. The molecule has 0 N–H and O–H groups in total. The van der Waals surface area contributed by atoms with E-state index < -0.39 is 0 Å². The van der Waals surface area contributed by atoms with Gasteiger partial charge in [-0.3, -0.25) is 14.7 Å². The molecule has 0 unspecified atom stereocenters. The first kappa shape index (κ1) is 17.7. The van der Waals surface area contributed by atoms with E-state index in [-0.39, 0.29) is 11.7 Å². The minimum absolute atomic E-state index is 0.0250. The Kier molecular flexibility index (Phi) is 6.84. The van der Waals surface area contributed by atoms with Crippen LogP contribution in [-0.2, 0) is 4.79 Å². The van der Waals surface area contributed by atoms with Gasteiger partial charge in [0.1, 0.15) is 5.82 Å². The number of halogens is 1. The van der Waals surface area contributed by atoms with Crippen LogP contribution in [0, 0.1) is 5.82 Å². The van der Waals surface area contributed by atoms with Crippen molar-refractivity contribution in [1.82, 2.24) is 4.90 Å². The molecule has 124 valence electrons. The van der Waals surface area contributed by atoms with E-state index in [1.165, 1.54) is 23.9 Å². The maximum absolute atomic E-state index is 13.3. The lowest BCUT2D eigenvalue weighted by molar-refractivity contribution is -0.122. The predicted octanol–water partition coefficient (Wildman–Crippen LogP) is 4.70. The Morgan fingerprint density at radius 1 is 1.26 bits per heavy atom. The Labute approximate surface area is 141 Å². The van der Waals surface area contributed by atoms with Crippen LogP contribution in [0.5, 0.6) is 0 Å². The fourth-order valence-electron chi connectivity index (χ4n) is 2.22. The number of amides is 1. The third kappa shape index (κ3) is 4.93. The number of rotatable bonds is 7. The van der Waals surface area contributed by atoms with Crippen molar-refractivity contribution in [2.45, 2.75) is 39.5 Å². The van der Waals surface area contributed by atoms with Crippen LogP contribution in [0.15, 0.2) is 34.2 Å². The highest BCUT2D eigenvalue weighted by Crippen LogP contribution is 2.32. The molecule has 1 amide bonds. The molecule has 0 spiro atoms. The van der Waals surface area contributed by atoms with Crippen molar-refractivity contribution in [1.29, 1.82) is 0 Å². The zero-order chi connectivity index (χ0) is 16.7. The van der Waals surface area contributed by atoms with E-state index in [4.69, 9.17) is 0 Å². The van der Waals surface area contributed by atoms with Gasteiger partial charge in [0.05, 0.1) is 4.91 Å². The van der Waals surface area contributed by atoms with Crippen molar-refractivity contribution in [3.8, 4) is 0 Å². The van der Waals surface area contributed by atoms with Gasteiger partial charge in [0.15, 0.2) is 5.17 Å². The lowest BCUT2D eigenvalue weighted by Crippen LogP contribution is -2.30. The van der Waals surface area contributed by atoms with Gasteiger partial charge in [-0.1, -0.05) is 38.8 Å². The Morgan fingerprint density at radius 2 is 2.04 bits per heavy atom. The minimum Gasteiger partial charge on any atom is -0.287 e. The zero-order valence-electron chi connectivity index (χ0n) is 13.7. The van der Waals surface area contributed by atoms with E-state index in [2.05, 4.69) is 18.8 Å². The summed E-state index contributed by atoms with van der Waals surface area (Å²) < 4.78 is 13.3. The third-order valence-electron chi connectivity index (χ3n) is 3.53. The van der Waals surface area contributed by atoms with Crippen molar-refractivity contribution in [3.63, 3.8) is 0 Å². The van der Waals surface area contributed by atoms with Gasteiger partial charge in [0, 0.05) is 13.1 Å². The minimum atomic E-state index is -0.297.